The van der Waals surface area contributed by atoms with Crippen LogP contribution in [0.25, 0.3) is 43.8 Å². The van der Waals surface area contributed by atoms with Gasteiger partial charge in [-0.2, -0.15) is 0 Å². The van der Waals surface area contributed by atoms with Crippen molar-refractivity contribution in [3.05, 3.63) is 227 Å². The van der Waals surface area contributed by atoms with Crippen molar-refractivity contribution in [3.63, 3.8) is 0 Å². The fourth-order valence-electron chi connectivity index (χ4n) is 7.27. The molecule has 0 unspecified atom stereocenters. The van der Waals surface area contributed by atoms with Crippen molar-refractivity contribution in [2.75, 3.05) is 0 Å². The average Bonchev–Trinajstić information content (AvgIpc) is 3.25. The third-order valence-corrected chi connectivity index (χ3v) is 10.3. The topological polar surface area (TPSA) is 126 Å². The molecule has 0 saturated heterocycles. The fraction of sp³-hybridized carbons (Fsp3) is 0.0741. The molecule has 0 amide bonds. The van der Waals surface area contributed by atoms with Crippen molar-refractivity contribution >= 4 is 33.1 Å². The molecule has 8 aromatic rings. The van der Waals surface area contributed by atoms with Crippen molar-refractivity contribution in [2.45, 2.75) is 26.7 Å². The van der Waals surface area contributed by atoms with Gasteiger partial charge in [0.15, 0.2) is 11.6 Å². The Morgan fingerprint density at radius 2 is 0.787 bits per heavy atom. The third kappa shape index (κ3) is 10.4. The number of aryl methyl sites for hydroxylation is 2. The second kappa shape index (κ2) is 19.8. The van der Waals surface area contributed by atoms with E-state index in [0.29, 0.717) is 22.3 Å². The Labute approximate surface area is 370 Å². The second-order valence-electron chi connectivity index (χ2n) is 14.7. The summed E-state index contributed by atoms with van der Waals surface area (Å²) in [5.41, 5.74) is 7.15. The summed E-state index contributed by atoms with van der Waals surface area (Å²) in [6, 6.07) is 51.1. The van der Waals surface area contributed by atoms with E-state index in [0.717, 1.165) is 67.1 Å². The molecule has 0 saturated carbocycles. The van der Waals surface area contributed by atoms with Crippen LogP contribution in [-0.4, -0.2) is 11.6 Å². The summed E-state index contributed by atoms with van der Waals surface area (Å²) in [4.78, 5) is 25.1. The molecule has 0 spiro atoms. The van der Waals surface area contributed by atoms with Gasteiger partial charge in [0.2, 0.25) is 0 Å². The van der Waals surface area contributed by atoms with Gasteiger partial charge in [-0.15, -0.1) is 23.0 Å². The van der Waals surface area contributed by atoms with E-state index in [2.05, 4.69) is 0 Å². The number of benzene rings is 8. The monoisotopic (exact) mass is 832 g/mol. The number of hydrogen-bond donors (Lipinski definition) is 0. The Morgan fingerprint density at radius 1 is 0.443 bits per heavy atom. The van der Waals surface area contributed by atoms with Crippen LogP contribution in [0.3, 0.4) is 0 Å². The van der Waals surface area contributed by atoms with Crippen LogP contribution < -0.4 is 20.4 Å². The summed E-state index contributed by atoms with van der Waals surface area (Å²) < 4.78 is 0. The molecule has 61 heavy (non-hydrogen) atoms. The molecular formula is C54H40O6Ti. The standard InChI is InChI=1S/C34H30O4.C20H14O2.Ti/c1-23-11-15-25(16-12-23)33(37)21-29(35)19-27-7-3-5-9-31(27)32-10-6-4-8-28(32)20-30(36)22-34(38)26-17-13-24(2)14-18-26;21-17-11-9-13-5-1-3-7-15(13)19(17)20-16-8-4-2-6-14(16)10-12-18(20)22;/h3-18,21-22,35-36H,19-20H2,1-2H3;1-12,21-22H;/q;;+4/p-4/b29-21-,30-22-;;. The van der Waals surface area contributed by atoms with Crippen molar-refractivity contribution in [1.29, 1.82) is 0 Å². The van der Waals surface area contributed by atoms with E-state index < -0.39 is 0 Å². The predicted molar refractivity (Wildman–Crippen MR) is 232 cm³/mol. The van der Waals surface area contributed by atoms with Gasteiger partial charge < -0.3 is 20.4 Å². The molecule has 8 aromatic carbocycles. The normalized spacial score (nSPS) is 11.4. The summed E-state index contributed by atoms with van der Waals surface area (Å²) in [6.45, 7) is 3.87. The van der Waals surface area contributed by atoms with Gasteiger partial charge in [0, 0.05) is 11.1 Å². The van der Waals surface area contributed by atoms with E-state index in [1.54, 1.807) is 48.5 Å². The molecule has 0 aliphatic heterocycles. The fourth-order valence-corrected chi connectivity index (χ4v) is 7.27. The third-order valence-electron chi connectivity index (χ3n) is 10.3. The van der Waals surface area contributed by atoms with Gasteiger partial charge in [-0.1, -0.05) is 181 Å². The number of rotatable bonds is 10. The number of ketones is 2. The summed E-state index contributed by atoms with van der Waals surface area (Å²) in [5.74, 6) is -1.49. The van der Waals surface area contributed by atoms with Gasteiger partial charge in [0.25, 0.3) is 0 Å². The van der Waals surface area contributed by atoms with E-state index in [1.807, 2.05) is 135 Å². The average molecular weight is 833 g/mol. The maximum atomic E-state index is 12.8. The van der Waals surface area contributed by atoms with Crippen LogP contribution in [0, 0.1) is 13.8 Å². The first-order valence-electron chi connectivity index (χ1n) is 19.6. The predicted octanol–water partition coefficient (Wildman–Crippen LogP) is 9.11. The molecule has 296 valence electrons. The SMILES string of the molecule is Cc1ccc(C(=O)/C=C(\[O-])Cc2ccccc2-c2ccccc2C/C([O-])=C/C(=O)c2ccc(C)cc2)cc1.[O-]c1ccc2ccccc2c1-c1c([O-])ccc2ccccc12.[Ti+4]. The molecule has 0 N–H and O–H groups in total. The van der Waals surface area contributed by atoms with Gasteiger partial charge in [0.05, 0.1) is 0 Å². The molecule has 0 bridgehead atoms. The largest absolute Gasteiger partial charge is 4.00 e. The molecule has 0 atom stereocenters. The first-order chi connectivity index (χ1) is 29.0. The smallest absolute Gasteiger partial charge is 0.875 e. The van der Waals surface area contributed by atoms with Crippen LogP contribution in [0.4, 0.5) is 0 Å². The van der Waals surface area contributed by atoms with E-state index >= 15 is 0 Å². The van der Waals surface area contributed by atoms with Crippen LogP contribution in [0.1, 0.15) is 43.0 Å². The number of hydrogen-bond acceptors (Lipinski definition) is 6. The van der Waals surface area contributed by atoms with E-state index in [9.17, 15) is 30.0 Å². The van der Waals surface area contributed by atoms with Crippen molar-refractivity contribution in [3.8, 4) is 33.8 Å². The molecule has 0 aliphatic rings. The minimum atomic E-state index is -0.327. The van der Waals surface area contributed by atoms with Gasteiger partial charge >= 0.3 is 21.7 Å². The van der Waals surface area contributed by atoms with Crippen LogP contribution in [0.5, 0.6) is 11.5 Å². The van der Waals surface area contributed by atoms with Crippen molar-refractivity contribution < 1.29 is 51.7 Å². The van der Waals surface area contributed by atoms with Crippen LogP contribution >= 0.6 is 0 Å². The molecule has 8 rings (SSSR count). The van der Waals surface area contributed by atoms with Crippen LogP contribution in [0.2, 0.25) is 0 Å². The molecule has 0 aromatic heterocycles. The summed E-state index contributed by atoms with van der Waals surface area (Å²) >= 11 is 0. The molecule has 0 aliphatic carbocycles. The van der Waals surface area contributed by atoms with Gasteiger partial charge in [-0.25, -0.2) is 0 Å². The maximum absolute atomic E-state index is 12.8. The van der Waals surface area contributed by atoms with E-state index in [1.165, 1.54) is 0 Å². The number of carbonyl (C=O) groups is 2. The number of allylic oxidation sites excluding steroid dienone is 4. The minimum Gasteiger partial charge on any atom is -0.875 e. The summed E-state index contributed by atoms with van der Waals surface area (Å²) in [5, 5.41) is 54.2. The molecule has 6 nitrogen and oxygen atoms in total. The van der Waals surface area contributed by atoms with Crippen molar-refractivity contribution in [1.82, 2.24) is 0 Å². The zero-order valence-electron chi connectivity index (χ0n) is 33.7. The van der Waals surface area contributed by atoms with Crippen molar-refractivity contribution in [2.24, 2.45) is 0 Å². The first kappa shape index (κ1) is 43.6. The number of carbonyl (C=O) groups excluding carboxylic acids is 2. The van der Waals surface area contributed by atoms with Gasteiger partial charge in [0.1, 0.15) is 0 Å². The Balaban J connectivity index is 0.000000229. The van der Waals surface area contributed by atoms with E-state index in [4.69, 9.17) is 0 Å². The molecular weight excluding hydrogens is 792 g/mol. The summed E-state index contributed by atoms with van der Waals surface area (Å²) in [7, 11) is 0. The Bertz CT molecular complexity index is 2710. The second-order valence-corrected chi connectivity index (χ2v) is 14.7. The zero-order valence-corrected chi connectivity index (χ0v) is 35.2. The quantitative estimate of drug-likeness (QED) is 0.0586. The number of fused-ring (bicyclic) bond motifs is 2. The molecule has 7 heteroatoms. The molecule has 0 radical (unpaired) electrons. The zero-order chi connectivity index (χ0) is 42.2. The Kier molecular flexibility index (Phi) is 14.2. The van der Waals surface area contributed by atoms with Crippen LogP contribution in [0.15, 0.2) is 194 Å². The van der Waals surface area contributed by atoms with Crippen LogP contribution in [-0.2, 0) is 34.6 Å². The first-order valence-corrected chi connectivity index (χ1v) is 19.6. The Hall–Kier alpha value is -6.99. The van der Waals surface area contributed by atoms with Gasteiger partial charge in [-0.3, -0.25) is 9.59 Å². The molecule has 0 fully saturated rings. The summed E-state index contributed by atoms with van der Waals surface area (Å²) in [6.07, 6.45) is 2.38. The Morgan fingerprint density at radius 3 is 1.18 bits per heavy atom. The maximum Gasteiger partial charge on any atom is 4.00 e. The van der Waals surface area contributed by atoms with E-state index in [-0.39, 0.29) is 69.1 Å². The molecule has 0 heterocycles. The van der Waals surface area contributed by atoms with Gasteiger partial charge in [-0.05, 0) is 93.8 Å². The minimum absolute atomic E-state index is 0.